The number of carbonyl (C=O) groups is 1. The minimum absolute atomic E-state index is 0.139. The number of hydrogen-bond acceptors (Lipinski definition) is 7. The summed E-state index contributed by atoms with van der Waals surface area (Å²) in [6, 6.07) is 10.8. The van der Waals surface area contributed by atoms with Gasteiger partial charge in [0.2, 0.25) is 0 Å². The average molecular weight is 480 g/mol. The zero-order chi connectivity index (χ0) is 22.4. The Bertz CT molecular complexity index is 994. The Morgan fingerprint density at radius 3 is 2.39 bits per heavy atom. The van der Waals surface area contributed by atoms with Crippen molar-refractivity contribution in [2.45, 2.75) is 6.92 Å². The third-order valence-corrected chi connectivity index (χ3v) is 6.04. The van der Waals surface area contributed by atoms with E-state index in [2.05, 4.69) is 0 Å². The van der Waals surface area contributed by atoms with Crippen molar-refractivity contribution in [3.05, 3.63) is 51.9 Å². The second-order valence-electron chi connectivity index (χ2n) is 6.38. The molecule has 2 aromatic carbocycles. The predicted octanol–water partition coefficient (Wildman–Crippen LogP) is 5.04. The molecule has 1 fully saturated rings. The van der Waals surface area contributed by atoms with Crippen molar-refractivity contribution in [3.63, 3.8) is 0 Å². The maximum Gasteiger partial charge on any atom is 0.265 e. The van der Waals surface area contributed by atoms with E-state index in [1.54, 1.807) is 32.4 Å². The molecule has 6 nitrogen and oxygen atoms in total. The molecule has 0 atom stereocenters. The van der Waals surface area contributed by atoms with Gasteiger partial charge in [-0.2, -0.15) is 0 Å². The molecule has 1 aliphatic rings. The first-order valence-electron chi connectivity index (χ1n) is 9.50. The number of methoxy groups -OCH3 is 1. The van der Waals surface area contributed by atoms with Crippen LogP contribution in [0, 0.1) is 0 Å². The molecule has 0 unspecified atom stereocenters. The van der Waals surface area contributed by atoms with Gasteiger partial charge in [-0.1, -0.05) is 35.6 Å². The van der Waals surface area contributed by atoms with Gasteiger partial charge in [-0.25, -0.2) is 0 Å². The highest BCUT2D eigenvalue weighted by atomic mass is 35.5. The number of thiocarbonyl (C=S) groups is 1. The lowest BCUT2D eigenvalue weighted by molar-refractivity contribution is -0.121. The third-order valence-electron chi connectivity index (χ3n) is 4.27. The molecule has 1 aliphatic heterocycles. The number of amides is 1. The molecule has 2 aromatic rings. The van der Waals surface area contributed by atoms with Crippen molar-refractivity contribution >= 4 is 51.9 Å². The van der Waals surface area contributed by atoms with E-state index in [0.29, 0.717) is 44.7 Å². The molecular weight excluding hydrogens is 458 g/mol. The molecule has 0 saturated carbocycles. The van der Waals surface area contributed by atoms with Gasteiger partial charge in [-0.3, -0.25) is 9.69 Å². The van der Waals surface area contributed by atoms with E-state index in [9.17, 15) is 4.79 Å². The molecular formula is C22H22ClNO5S2. The molecule has 0 aliphatic carbocycles. The zero-order valence-corrected chi connectivity index (χ0v) is 19.7. The van der Waals surface area contributed by atoms with E-state index < -0.39 is 0 Å². The molecule has 0 bridgehead atoms. The first-order valence-corrected chi connectivity index (χ1v) is 11.1. The van der Waals surface area contributed by atoms with Crippen LogP contribution in [-0.4, -0.2) is 49.1 Å². The van der Waals surface area contributed by atoms with Gasteiger partial charge in [-0.15, -0.1) is 0 Å². The average Bonchev–Trinajstić information content (AvgIpc) is 2.99. The lowest BCUT2D eigenvalue weighted by Crippen LogP contribution is -2.22. The maximum absolute atomic E-state index is 12.2. The summed E-state index contributed by atoms with van der Waals surface area (Å²) in [4.78, 5) is 14.2. The Kier molecular flexibility index (Phi) is 8.06. The maximum atomic E-state index is 12.2. The van der Waals surface area contributed by atoms with Crippen molar-refractivity contribution in [1.29, 1.82) is 0 Å². The number of rotatable bonds is 9. The monoisotopic (exact) mass is 479 g/mol. The first kappa shape index (κ1) is 23.2. The quantitative estimate of drug-likeness (QED) is 0.284. The van der Waals surface area contributed by atoms with Gasteiger partial charge in [0.05, 0.1) is 23.6 Å². The molecule has 1 amide bonds. The standard InChI is InChI=1S/C22H22ClNO5S2/c1-4-27-18-12-14(13-19-21(25)24(2)22(30)31-19)11-17(23)20(18)29-10-9-28-16-7-5-15(26-3)6-8-16/h5-8,11-13H,4,9-10H2,1-3H3/b19-13-. The van der Waals surface area contributed by atoms with Crippen LogP contribution < -0.4 is 18.9 Å². The second-order valence-corrected chi connectivity index (χ2v) is 8.46. The van der Waals surface area contributed by atoms with Crippen LogP contribution in [0.4, 0.5) is 0 Å². The van der Waals surface area contributed by atoms with E-state index in [-0.39, 0.29) is 12.5 Å². The van der Waals surface area contributed by atoms with Crippen LogP contribution in [0.25, 0.3) is 6.08 Å². The molecule has 31 heavy (non-hydrogen) atoms. The van der Waals surface area contributed by atoms with Gasteiger partial charge >= 0.3 is 0 Å². The summed E-state index contributed by atoms with van der Waals surface area (Å²) in [6.07, 6.45) is 1.74. The van der Waals surface area contributed by atoms with Gasteiger partial charge in [-0.05, 0) is 55.0 Å². The van der Waals surface area contributed by atoms with E-state index in [1.165, 1.54) is 16.7 Å². The summed E-state index contributed by atoms with van der Waals surface area (Å²) >= 11 is 12.9. The summed E-state index contributed by atoms with van der Waals surface area (Å²) in [5.41, 5.74) is 0.726. The van der Waals surface area contributed by atoms with E-state index in [1.807, 2.05) is 31.2 Å². The Morgan fingerprint density at radius 2 is 1.77 bits per heavy atom. The number of carbonyl (C=O) groups excluding carboxylic acids is 1. The van der Waals surface area contributed by atoms with E-state index >= 15 is 0 Å². The molecule has 0 spiro atoms. The van der Waals surface area contributed by atoms with Crippen LogP contribution in [0.1, 0.15) is 12.5 Å². The van der Waals surface area contributed by atoms with Gasteiger partial charge in [0, 0.05) is 7.05 Å². The Labute approximate surface area is 196 Å². The summed E-state index contributed by atoms with van der Waals surface area (Å²) in [5, 5.41) is 0.383. The summed E-state index contributed by atoms with van der Waals surface area (Å²) < 4.78 is 22.9. The minimum Gasteiger partial charge on any atom is -0.497 e. The zero-order valence-electron chi connectivity index (χ0n) is 17.3. The molecule has 0 aromatic heterocycles. The number of likely N-dealkylation sites (N-methyl/N-ethyl adjacent to an activating group) is 1. The number of ether oxygens (including phenoxy) is 4. The minimum atomic E-state index is -0.139. The lowest BCUT2D eigenvalue weighted by Gasteiger charge is -2.15. The highest BCUT2D eigenvalue weighted by Gasteiger charge is 2.28. The van der Waals surface area contributed by atoms with Crippen molar-refractivity contribution in [2.24, 2.45) is 0 Å². The van der Waals surface area contributed by atoms with Crippen molar-refractivity contribution in [2.75, 3.05) is 34.0 Å². The normalized spacial score (nSPS) is 14.8. The smallest absolute Gasteiger partial charge is 0.265 e. The Morgan fingerprint density at radius 1 is 1.10 bits per heavy atom. The highest BCUT2D eigenvalue weighted by Crippen LogP contribution is 2.39. The van der Waals surface area contributed by atoms with Crippen LogP contribution in [-0.2, 0) is 4.79 Å². The summed E-state index contributed by atoms with van der Waals surface area (Å²) in [7, 11) is 3.27. The van der Waals surface area contributed by atoms with Crippen LogP contribution in [0.5, 0.6) is 23.0 Å². The van der Waals surface area contributed by atoms with Gasteiger partial charge in [0.1, 0.15) is 29.0 Å². The molecule has 9 heteroatoms. The van der Waals surface area contributed by atoms with Gasteiger partial charge in [0.25, 0.3) is 5.91 Å². The number of nitrogens with zero attached hydrogens (tertiary/aromatic N) is 1. The molecule has 0 radical (unpaired) electrons. The molecule has 0 N–H and O–H groups in total. The molecule has 3 rings (SSSR count). The first-order chi connectivity index (χ1) is 14.9. The number of thioether (sulfide) groups is 1. The van der Waals surface area contributed by atoms with Gasteiger partial charge in [0.15, 0.2) is 11.5 Å². The fourth-order valence-electron chi connectivity index (χ4n) is 2.75. The molecule has 164 valence electrons. The van der Waals surface area contributed by atoms with Crippen molar-refractivity contribution < 1.29 is 23.7 Å². The number of hydrogen-bond donors (Lipinski definition) is 0. The topological polar surface area (TPSA) is 57.2 Å². The second kappa shape index (κ2) is 10.7. The largest absolute Gasteiger partial charge is 0.497 e. The SMILES string of the molecule is CCOc1cc(/C=C2\SC(=S)N(C)C2=O)cc(Cl)c1OCCOc1ccc(OC)cc1. The molecule has 1 heterocycles. The van der Waals surface area contributed by atoms with Crippen molar-refractivity contribution in [3.8, 4) is 23.0 Å². The third kappa shape index (κ3) is 5.84. The summed E-state index contributed by atoms with van der Waals surface area (Å²) in [6.45, 7) is 2.92. The predicted molar refractivity (Wildman–Crippen MR) is 128 cm³/mol. The fraction of sp³-hybridized carbons (Fsp3) is 0.273. The van der Waals surface area contributed by atoms with Crippen LogP contribution in [0.3, 0.4) is 0 Å². The Balaban J connectivity index is 1.68. The van der Waals surface area contributed by atoms with Crippen molar-refractivity contribution in [1.82, 2.24) is 4.90 Å². The van der Waals surface area contributed by atoms with Gasteiger partial charge < -0.3 is 18.9 Å². The highest BCUT2D eigenvalue weighted by molar-refractivity contribution is 8.26. The molecule has 1 saturated heterocycles. The summed E-state index contributed by atoms with van der Waals surface area (Å²) in [5.74, 6) is 2.27. The fourth-order valence-corrected chi connectivity index (χ4v) is 4.20. The van der Waals surface area contributed by atoms with Crippen LogP contribution in [0.2, 0.25) is 5.02 Å². The number of benzene rings is 2. The van der Waals surface area contributed by atoms with E-state index in [4.69, 9.17) is 42.8 Å². The Hall–Kier alpha value is -2.42. The van der Waals surface area contributed by atoms with E-state index in [0.717, 1.165) is 11.3 Å². The number of halogens is 1. The van der Waals surface area contributed by atoms with Crippen LogP contribution >= 0.6 is 35.6 Å². The lowest BCUT2D eigenvalue weighted by atomic mass is 10.1. The van der Waals surface area contributed by atoms with Crippen LogP contribution in [0.15, 0.2) is 41.3 Å².